The first-order valence-electron chi connectivity index (χ1n) is 3.87. The van der Waals surface area contributed by atoms with Crippen LogP contribution in [0.3, 0.4) is 0 Å². The number of fused-ring (bicyclic) bond motifs is 1. The first kappa shape index (κ1) is 7.56. The van der Waals surface area contributed by atoms with Gasteiger partial charge in [-0.2, -0.15) is 5.26 Å². The summed E-state index contributed by atoms with van der Waals surface area (Å²) < 4.78 is 0. The highest BCUT2D eigenvalue weighted by molar-refractivity contribution is 5.76. The minimum Gasteiger partial charge on any atom is -0.383 e. The number of hydrogen-bond acceptors (Lipinski definition) is 3. The predicted molar refractivity (Wildman–Crippen MR) is 50.0 cm³/mol. The molecule has 0 amide bonds. The van der Waals surface area contributed by atoms with E-state index in [9.17, 15) is 0 Å². The summed E-state index contributed by atoms with van der Waals surface area (Å²) in [5.41, 5.74) is 7.61. The smallest absolute Gasteiger partial charge is 0.142 e. The molecular weight excluding hydrogens is 162 g/mol. The molecule has 0 saturated carbocycles. The largest absolute Gasteiger partial charge is 0.383 e. The van der Waals surface area contributed by atoms with Crippen LogP contribution in [0.4, 0.5) is 5.82 Å². The van der Waals surface area contributed by atoms with Crippen LogP contribution in [0, 0.1) is 11.3 Å². The number of aromatic nitrogens is 1. The minimum absolute atomic E-state index is 0.309. The highest BCUT2D eigenvalue weighted by atomic mass is 14.9. The Bertz CT molecular complexity index is 456. The summed E-state index contributed by atoms with van der Waals surface area (Å²) in [6.45, 7) is 0. The maximum Gasteiger partial charge on any atom is 0.142 e. The van der Waals surface area contributed by atoms with E-state index in [-0.39, 0.29) is 0 Å². The summed E-state index contributed by atoms with van der Waals surface area (Å²) in [4.78, 5) is 4.08. The second kappa shape index (κ2) is 2.76. The van der Waals surface area contributed by atoms with Crippen LogP contribution in [0.5, 0.6) is 0 Å². The van der Waals surface area contributed by atoms with Crippen LogP contribution in [0.25, 0.3) is 11.3 Å². The predicted octanol–water partition coefficient (Wildman–Crippen LogP) is 1.64. The van der Waals surface area contributed by atoms with Gasteiger partial charge in [0.1, 0.15) is 17.5 Å². The summed E-state index contributed by atoms with van der Waals surface area (Å²) in [5, 5.41) is 8.82. The van der Waals surface area contributed by atoms with Crippen molar-refractivity contribution in [3.8, 4) is 17.3 Å². The molecule has 13 heavy (non-hydrogen) atoms. The van der Waals surface area contributed by atoms with Crippen molar-refractivity contribution in [2.75, 3.05) is 5.73 Å². The van der Waals surface area contributed by atoms with E-state index in [1.807, 2.05) is 36.4 Å². The van der Waals surface area contributed by atoms with Crippen LogP contribution >= 0.6 is 0 Å². The molecule has 0 saturated heterocycles. The van der Waals surface area contributed by atoms with Gasteiger partial charge in [-0.15, -0.1) is 0 Å². The average Bonchev–Trinajstić information content (AvgIpc) is 2.32. The van der Waals surface area contributed by atoms with Crippen LogP contribution in [0.15, 0.2) is 30.3 Å². The molecule has 1 aliphatic carbocycles. The average molecular weight is 169 g/mol. The standard InChI is InChI=1S/C10H7N3/c11-6-8-7-4-2-1-3-5-9(7)13-10(8)12/h1-5H,(H2,12,13). The second-order valence-corrected chi connectivity index (χ2v) is 2.69. The van der Waals surface area contributed by atoms with E-state index >= 15 is 0 Å². The summed E-state index contributed by atoms with van der Waals surface area (Å²) >= 11 is 0. The Morgan fingerprint density at radius 1 is 1.23 bits per heavy atom. The number of hydrogen-bond donors (Lipinski definition) is 1. The van der Waals surface area contributed by atoms with Crippen molar-refractivity contribution in [1.82, 2.24) is 4.98 Å². The molecule has 3 nitrogen and oxygen atoms in total. The Hall–Kier alpha value is -2.08. The molecule has 0 aromatic heterocycles. The number of anilines is 1. The monoisotopic (exact) mass is 169 g/mol. The normalized spacial score (nSPS) is 9.77. The van der Waals surface area contributed by atoms with Gasteiger partial charge in [0.25, 0.3) is 0 Å². The topological polar surface area (TPSA) is 62.7 Å². The van der Waals surface area contributed by atoms with E-state index in [0.717, 1.165) is 11.3 Å². The molecule has 0 radical (unpaired) electrons. The SMILES string of the molecule is N#Cc1c2cccccc-2nc1N. The first-order chi connectivity index (χ1) is 6.33. The molecule has 0 aromatic carbocycles. The molecule has 2 rings (SSSR count). The minimum atomic E-state index is 0.309. The number of nitrogens with two attached hydrogens (primary N) is 1. The lowest BCUT2D eigenvalue weighted by molar-refractivity contribution is 1.41. The molecule has 0 atom stereocenters. The quantitative estimate of drug-likeness (QED) is 0.652. The maximum atomic E-state index is 8.82. The Labute approximate surface area is 75.8 Å². The Morgan fingerprint density at radius 2 is 2.00 bits per heavy atom. The van der Waals surface area contributed by atoms with Crippen LogP contribution < -0.4 is 5.73 Å². The second-order valence-electron chi connectivity index (χ2n) is 2.69. The van der Waals surface area contributed by atoms with Crippen LogP contribution in [0.2, 0.25) is 0 Å². The Kier molecular flexibility index (Phi) is 1.60. The molecule has 0 fully saturated rings. The zero-order valence-electron chi connectivity index (χ0n) is 6.86. The van der Waals surface area contributed by atoms with Crippen molar-refractivity contribution >= 4 is 5.82 Å². The zero-order chi connectivity index (χ0) is 9.26. The third kappa shape index (κ3) is 1.09. The van der Waals surface area contributed by atoms with Crippen molar-refractivity contribution in [3.63, 3.8) is 0 Å². The van der Waals surface area contributed by atoms with Gasteiger partial charge in [0.05, 0.1) is 5.69 Å². The fraction of sp³-hybridized carbons (Fsp3) is 0. The lowest BCUT2D eigenvalue weighted by Gasteiger charge is -1.87. The highest BCUT2D eigenvalue weighted by Gasteiger charge is 2.13. The van der Waals surface area contributed by atoms with Gasteiger partial charge in [0.15, 0.2) is 0 Å². The zero-order valence-corrected chi connectivity index (χ0v) is 6.86. The molecule has 62 valence electrons. The molecule has 0 aromatic rings. The summed E-state index contributed by atoms with van der Waals surface area (Å²) in [6.07, 6.45) is 0. The van der Waals surface area contributed by atoms with Gasteiger partial charge in [-0.05, 0) is 6.07 Å². The number of rotatable bonds is 0. The molecule has 3 heteroatoms. The van der Waals surface area contributed by atoms with Crippen molar-refractivity contribution in [2.45, 2.75) is 0 Å². The van der Waals surface area contributed by atoms with Gasteiger partial charge in [-0.1, -0.05) is 24.3 Å². The Balaban J connectivity index is 2.81. The van der Waals surface area contributed by atoms with E-state index in [1.54, 1.807) is 0 Å². The Morgan fingerprint density at radius 3 is 2.77 bits per heavy atom. The van der Waals surface area contributed by atoms with Crippen molar-refractivity contribution < 1.29 is 0 Å². The summed E-state index contributed by atoms with van der Waals surface area (Å²) in [6, 6.07) is 11.4. The van der Waals surface area contributed by atoms with Crippen molar-refractivity contribution in [3.05, 3.63) is 35.9 Å². The number of nitriles is 1. The van der Waals surface area contributed by atoms with Crippen LogP contribution in [-0.4, -0.2) is 4.98 Å². The van der Waals surface area contributed by atoms with Gasteiger partial charge >= 0.3 is 0 Å². The van der Waals surface area contributed by atoms with Gasteiger partial charge in [-0.25, -0.2) is 4.98 Å². The molecule has 1 aliphatic heterocycles. The molecule has 0 unspecified atom stereocenters. The fourth-order valence-electron chi connectivity index (χ4n) is 1.29. The highest BCUT2D eigenvalue weighted by Crippen LogP contribution is 2.27. The molecule has 0 spiro atoms. The van der Waals surface area contributed by atoms with Crippen molar-refractivity contribution in [2.24, 2.45) is 0 Å². The number of nitrogen functional groups attached to an aromatic ring is 1. The van der Waals surface area contributed by atoms with Crippen LogP contribution in [0.1, 0.15) is 5.56 Å². The van der Waals surface area contributed by atoms with E-state index in [4.69, 9.17) is 11.0 Å². The van der Waals surface area contributed by atoms with Gasteiger partial charge < -0.3 is 5.73 Å². The van der Waals surface area contributed by atoms with Gasteiger partial charge in [-0.3, -0.25) is 0 Å². The lowest BCUT2D eigenvalue weighted by Crippen LogP contribution is -1.85. The molecule has 2 N–H and O–H groups in total. The summed E-state index contributed by atoms with van der Waals surface area (Å²) in [7, 11) is 0. The third-order valence-corrected chi connectivity index (χ3v) is 1.89. The van der Waals surface area contributed by atoms with E-state index in [1.165, 1.54) is 0 Å². The molecule has 0 bridgehead atoms. The fourth-order valence-corrected chi connectivity index (χ4v) is 1.29. The lowest BCUT2D eigenvalue weighted by atomic mass is 10.1. The maximum absolute atomic E-state index is 8.82. The van der Waals surface area contributed by atoms with Gasteiger partial charge in [0, 0.05) is 5.56 Å². The number of nitrogens with zero attached hydrogens (tertiary/aromatic N) is 2. The first-order valence-corrected chi connectivity index (χ1v) is 3.87. The van der Waals surface area contributed by atoms with Crippen molar-refractivity contribution in [1.29, 1.82) is 5.26 Å². The van der Waals surface area contributed by atoms with E-state index < -0.39 is 0 Å². The van der Waals surface area contributed by atoms with Crippen LogP contribution in [-0.2, 0) is 0 Å². The molecule has 1 heterocycles. The third-order valence-electron chi connectivity index (χ3n) is 1.89. The molecule has 2 aliphatic rings. The summed E-state index contributed by atoms with van der Waals surface area (Å²) in [5.74, 6) is 0.309. The van der Waals surface area contributed by atoms with E-state index in [0.29, 0.717) is 11.4 Å². The van der Waals surface area contributed by atoms with E-state index in [2.05, 4.69) is 4.98 Å². The van der Waals surface area contributed by atoms with Gasteiger partial charge in [0.2, 0.25) is 0 Å². The molecular formula is C10H7N3.